The van der Waals surface area contributed by atoms with Gasteiger partial charge in [0.25, 0.3) is 0 Å². The van der Waals surface area contributed by atoms with Gasteiger partial charge in [0.05, 0.1) is 0 Å². The number of thioether (sulfide) groups is 1. The second-order valence-electron chi connectivity index (χ2n) is 5.03. The molecule has 0 aromatic heterocycles. The zero-order valence-electron chi connectivity index (χ0n) is 9.13. The number of hydrogen-bond acceptors (Lipinski definition) is 2. The largest absolute Gasteiger partial charge is 0.330 e. The van der Waals surface area contributed by atoms with E-state index in [0.29, 0.717) is 4.75 Å². The molecule has 2 heteroatoms. The van der Waals surface area contributed by atoms with Crippen LogP contribution in [0.15, 0.2) is 0 Å². The molecule has 82 valence electrons. The third-order valence-electron chi connectivity index (χ3n) is 3.93. The molecule has 1 aliphatic carbocycles. The van der Waals surface area contributed by atoms with E-state index in [2.05, 4.69) is 11.8 Å². The van der Waals surface area contributed by atoms with Gasteiger partial charge < -0.3 is 5.73 Å². The first kappa shape index (κ1) is 10.8. The van der Waals surface area contributed by atoms with E-state index >= 15 is 0 Å². The molecule has 14 heavy (non-hydrogen) atoms. The molecule has 0 amide bonds. The van der Waals surface area contributed by atoms with Crippen molar-refractivity contribution in [3.63, 3.8) is 0 Å². The summed E-state index contributed by atoms with van der Waals surface area (Å²) in [5.74, 6) is 2.34. The van der Waals surface area contributed by atoms with Gasteiger partial charge in [-0.3, -0.25) is 0 Å². The maximum atomic E-state index is 5.67. The molecule has 2 fully saturated rings. The molecule has 0 aromatic rings. The second kappa shape index (κ2) is 4.89. The summed E-state index contributed by atoms with van der Waals surface area (Å²) in [4.78, 5) is 0. The lowest BCUT2D eigenvalue weighted by Gasteiger charge is -2.43. The van der Waals surface area contributed by atoms with Gasteiger partial charge in [-0.2, -0.15) is 11.8 Å². The molecule has 0 radical (unpaired) electrons. The molecule has 1 atom stereocenters. The zero-order chi connectivity index (χ0) is 9.86. The van der Waals surface area contributed by atoms with E-state index in [1.807, 2.05) is 0 Å². The van der Waals surface area contributed by atoms with Gasteiger partial charge in [-0.1, -0.05) is 19.3 Å². The van der Waals surface area contributed by atoms with Crippen molar-refractivity contribution in [3.8, 4) is 0 Å². The van der Waals surface area contributed by atoms with Crippen molar-refractivity contribution >= 4 is 11.8 Å². The van der Waals surface area contributed by atoms with Gasteiger partial charge in [0, 0.05) is 4.75 Å². The van der Waals surface area contributed by atoms with Gasteiger partial charge in [-0.15, -0.1) is 0 Å². The molecular weight excluding hydrogens is 190 g/mol. The van der Waals surface area contributed by atoms with Crippen LogP contribution in [0, 0.1) is 5.92 Å². The first-order chi connectivity index (χ1) is 6.85. The molecule has 2 N–H and O–H groups in total. The van der Waals surface area contributed by atoms with Crippen molar-refractivity contribution < 1.29 is 0 Å². The van der Waals surface area contributed by atoms with E-state index in [0.717, 1.165) is 12.5 Å². The van der Waals surface area contributed by atoms with E-state index in [-0.39, 0.29) is 0 Å². The topological polar surface area (TPSA) is 26.0 Å². The summed E-state index contributed by atoms with van der Waals surface area (Å²) in [5, 5.41) is 0. The van der Waals surface area contributed by atoms with Gasteiger partial charge in [-0.25, -0.2) is 0 Å². The molecular formula is C12H23NS. The molecule has 1 saturated carbocycles. The SMILES string of the molecule is NCCC1CCSC2(CCCCC2)C1. The Morgan fingerprint density at radius 1 is 1.21 bits per heavy atom. The molecule has 0 aromatic carbocycles. The summed E-state index contributed by atoms with van der Waals surface area (Å²) in [6.45, 7) is 0.894. The smallest absolute Gasteiger partial charge is 0.0162 e. The van der Waals surface area contributed by atoms with Crippen molar-refractivity contribution in [2.24, 2.45) is 11.7 Å². The van der Waals surface area contributed by atoms with Crippen molar-refractivity contribution in [1.29, 1.82) is 0 Å². The van der Waals surface area contributed by atoms with Crippen molar-refractivity contribution in [2.75, 3.05) is 12.3 Å². The second-order valence-corrected chi connectivity index (χ2v) is 6.59. The Balaban J connectivity index is 1.91. The minimum absolute atomic E-state index is 0.691. The highest BCUT2D eigenvalue weighted by Gasteiger charge is 2.37. The fourth-order valence-corrected chi connectivity index (χ4v) is 4.97. The third-order valence-corrected chi connectivity index (χ3v) is 5.56. The van der Waals surface area contributed by atoms with Crippen LogP contribution in [0.3, 0.4) is 0 Å². The normalized spacial score (nSPS) is 31.9. The quantitative estimate of drug-likeness (QED) is 0.762. The Morgan fingerprint density at radius 2 is 2.00 bits per heavy atom. The van der Waals surface area contributed by atoms with Crippen LogP contribution in [-0.4, -0.2) is 17.0 Å². The van der Waals surface area contributed by atoms with Crippen LogP contribution in [0.1, 0.15) is 51.4 Å². The van der Waals surface area contributed by atoms with E-state index in [9.17, 15) is 0 Å². The van der Waals surface area contributed by atoms with Gasteiger partial charge in [0.2, 0.25) is 0 Å². The Kier molecular flexibility index (Phi) is 3.78. The Hall–Kier alpha value is 0.310. The molecule has 1 heterocycles. The van der Waals surface area contributed by atoms with Gasteiger partial charge in [0.1, 0.15) is 0 Å². The number of rotatable bonds is 2. The molecule has 1 nitrogen and oxygen atoms in total. The van der Waals surface area contributed by atoms with Crippen LogP contribution in [0.2, 0.25) is 0 Å². The molecule has 1 aliphatic heterocycles. The van der Waals surface area contributed by atoms with E-state index in [1.54, 1.807) is 0 Å². The first-order valence-corrected chi connectivity index (χ1v) is 7.17. The predicted octanol–water partition coefficient (Wildman–Crippen LogP) is 3.18. The van der Waals surface area contributed by atoms with Crippen LogP contribution in [-0.2, 0) is 0 Å². The molecule has 0 bridgehead atoms. The van der Waals surface area contributed by atoms with E-state index in [1.165, 1.54) is 57.1 Å². The van der Waals surface area contributed by atoms with Gasteiger partial charge in [-0.05, 0) is 50.3 Å². The Morgan fingerprint density at radius 3 is 2.71 bits per heavy atom. The molecule has 1 unspecified atom stereocenters. The first-order valence-electron chi connectivity index (χ1n) is 6.19. The highest BCUT2D eigenvalue weighted by atomic mass is 32.2. The van der Waals surface area contributed by atoms with Crippen molar-refractivity contribution in [1.82, 2.24) is 0 Å². The summed E-state index contributed by atoms with van der Waals surface area (Å²) in [5.41, 5.74) is 5.67. The Bertz CT molecular complexity index is 168. The lowest BCUT2D eigenvalue weighted by molar-refractivity contribution is 0.297. The maximum Gasteiger partial charge on any atom is 0.0162 e. The summed E-state index contributed by atoms with van der Waals surface area (Å²) in [6, 6.07) is 0. The third kappa shape index (κ3) is 2.46. The van der Waals surface area contributed by atoms with Crippen molar-refractivity contribution in [2.45, 2.75) is 56.1 Å². The zero-order valence-corrected chi connectivity index (χ0v) is 9.95. The average molecular weight is 213 g/mol. The highest BCUT2D eigenvalue weighted by molar-refractivity contribution is 8.00. The average Bonchev–Trinajstić information content (AvgIpc) is 2.19. The van der Waals surface area contributed by atoms with Crippen molar-refractivity contribution in [3.05, 3.63) is 0 Å². The summed E-state index contributed by atoms with van der Waals surface area (Å²) >= 11 is 2.28. The number of nitrogens with two attached hydrogens (primary N) is 1. The van der Waals surface area contributed by atoms with Crippen LogP contribution in [0.4, 0.5) is 0 Å². The fourth-order valence-electron chi connectivity index (χ4n) is 3.16. The van der Waals surface area contributed by atoms with Gasteiger partial charge >= 0.3 is 0 Å². The monoisotopic (exact) mass is 213 g/mol. The predicted molar refractivity (Wildman–Crippen MR) is 64.7 cm³/mol. The van der Waals surface area contributed by atoms with E-state index in [4.69, 9.17) is 5.73 Å². The molecule has 1 saturated heterocycles. The Labute approximate surface area is 92.2 Å². The van der Waals surface area contributed by atoms with Crippen LogP contribution in [0.25, 0.3) is 0 Å². The molecule has 2 aliphatic rings. The summed E-state index contributed by atoms with van der Waals surface area (Å²) < 4.78 is 0.691. The van der Waals surface area contributed by atoms with E-state index < -0.39 is 0 Å². The van der Waals surface area contributed by atoms with Crippen LogP contribution in [0.5, 0.6) is 0 Å². The van der Waals surface area contributed by atoms with Crippen LogP contribution < -0.4 is 5.73 Å². The fraction of sp³-hybridized carbons (Fsp3) is 1.00. The van der Waals surface area contributed by atoms with Gasteiger partial charge in [0.15, 0.2) is 0 Å². The standard InChI is InChI=1S/C12H23NS/c13-8-4-11-5-9-14-12(10-11)6-2-1-3-7-12/h11H,1-10,13H2. The lowest BCUT2D eigenvalue weighted by Crippen LogP contribution is -2.35. The molecule has 1 spiro atoms. The maximum absolute atomic E-state index is 5.67. The minimum atomic E-state index is 0.691. The minimum Gasteiger partial charge on any atom is -0.330 e. The highest BCUT2D eigenvalue weighted by Crippen LogP contribution is 2.49. The molecule has 2 rings (SSSR count). The number of hydrogen-bond donors (Lipinski definition) is 1. The van der Waals surface area contributed by atoms with Crippen LogP contribution >= 0.6 is 11.8 Å². The lowest BCUT2D eigenvalue weighted by atomic mass is 9.79. The summed E-state index contributed by atoms with van der Waals surface area (Å²) in [6.07, 6.45) is 11.5. The summed E-state index contributed by atoms with van der Waals surface area (Å²) in [7, 11) is 0.